The van der Waals surface area contributed by atoms with Gasteiger partial charge < -0.3 is 9.84 Å². The fourth-order valence-corrected chi connectivity index (χ4v) is 2.92. The van der Waals surface area contributed by atoms with Crippen LogP contribution in [0.3, 0.4) is 0 Å². The molecule has 1 rings (SSSR count). The second-order valence-electron chi connectivity index (χ2n) is 7.26. The van der Waals surface area contributed by atoms with Gasteiger partial charge in [-0.2, -0.15) is 0 Å². The average molecular weight is 387 g/mol. The molecule has 0 heterocycles. The summed E-state index contributed by atoms with van der Waals surface area (Å²) < 4.78 is 5.27. The third kappa shape index (κ3) is 14.1. The van der Waals surface area contributed by atoms with Crippen molar-refractivity contribution in [3.8, 4) is 5.75 Å². The van der Waals surface area contributed by atoms with Gasteiger partial charge in [-0.3, -0.25) is 4.79 Å². The molecule has 0 aliphatic heterocycles. The molecule has 28 heavy (non-hydrogen) atoms. The zero-order chi connectivity index (χ0) is 20.3. The van der Waals surface area contributed by atoms with Crippen LogP contribution in [0.5, 0.6) is 5.75 Å². The summed E-state index contributed by atoms with van der Waals surface area (Å²) in [6.07, 6.45) is 21.9. The van der Waals surface area contributed by atoms with E-state index < -0.39 is 0 Å². The van der Waals surface area contributed by atoms with Crippen LogP contribution < -0.4 is 0 Å². The third-order valence-corrected chi connectivity index (χ3v) is 4.67. The lowest BCUT2D eigenvalue weighted by Crippen LogP contribution is -2.07. The molecule has 0 amide bonds. The Morgan fingerprint density at radius 2 is 1.54 bits per heavy atom. The number of unbranched alkanes of at least 4 members (excludes halogenated alkanes) is 7. The van der Waals surface area contributed by atoms with Crippen molar-refractivity contribution in [1.29, 1.82) is 0 Å². The van der Waals surface area contributed by atoms with Crippen molar-refractivity contribution in [3.05, 3.63) is 54.1 Å². The van der Waals surface area contributed by atoms with Crippen LogP contribution in [0.15, 0.2) is 48.6 Å². The van der Waals surface area contributed by atoms with Crippen LogP contribution in [0.4, 0.5) is 0 Å². The lowest BCUT2D eigenvalue weighted by Gasteiger charge is -2.05. The number of rotatable bonds is 16. The second kappa shape index (κ2) is 17.1. The van der Waals surface area contributed by atoms with Crippen LogP contribution in [0.25, 0.3) is 0 Å². The van der Waals surface area contributed by atoms with Gasteiger partial charge in [0.2, 0.25) is 0 Å². The molecule has 0 unspecified atom stereocenters. The number of hydrogen-bond acceptors (Lipinski definition) is 3. The maximum Gasteiger partial charge on any atom is 0.305 e. The molecule has 0 aliphatic carbocycles. The Balaban J connectivity index is 1.89. The quantitative estimate of drug-likeness (QED) is 0.191. The van der Waals surface area contributed by atoms with Crippen molar-refractivity contribution in [2.75, 3.05) is 6.61 Å². The number of phenols is 1. The van der Waals surface area contributed by atoms with Crippen molar-refractivity contribution < 1.29 is 14.6 Å². The Kier molecular flexibility index (Phi) is 14.7. The number of phenolic OH excluding ortho intramolecular Hbond substituents is 1. The van der Waals surface area contributed by atoms with Crippen LogP contribution in [0, 0.1) is 0 Å². The van der Waals surface area contributed by atoms with Gasteiger partial charge in [0.25, 0.3) is 0 Å². The number of aromatic hydroxyl groups is 1. The standard InChI is InChI=1S/C25H38O3/c1-2-3-4-5-6-7-8-9-10-11-12-13-14-15-16-25(27)28-22-21-23-17-19-24(26)20-18-23/h6-7,9-10,17-20,26H,2-5,8,11-16,21-22H2,1H3/b7-6-,10-9-. The van der Waals surface area contributed by atoms with E-state index in [2.05, 4.69) is 31.2 Å². The van der Waals surface area contributed by atoms with Crippen LogP contribution in [0.2, 0.25) is 0 Å². The smallest absolute Gasteiger partial charge is 0.305 e. The third-order valence-electron chi connectivity index (χ3n) is 4.67. The molecule has 0 radical (unpaired) electrons. The van der Waals surface area contributed by atoms with Crippen LogP contribution >= 0.6 is 0 Å². The number of carbonyl (C=O) groups is 1. The molecular weight excluding hydrogens is 348 g/mol. The SMILES string of the molecule is CCCCC/C=C\C/C=C\CCCCCCC(=O)OCCc1ccc(O)cc1. The molecule has 0 saturated heterocycles. The molecule has 0 spiro atoms. The Morgan fingerprint density at radius 3 is 2.21 bits per heavy atom. The molecule has 0 aliphatic rings. The predicted octanol–water partition coefficient (Wildman–Crippen LogP) is 6.90. The Hall–Kier alpha value is -2.03. The van der Waals surface area contributed by atoms with Gasteiger partial charge in [-0.05, 0) is 56.2 Å². The molecule has 1 aromatic rings. The summed E-state index contributed by atoms with van der Waals surface area (Å²) in [5.74, 6) is 0.148. The van der Waals surface area contributed by atoms with E-state index in [1.807, 2.05) is 12.1 Å². The normalized spacial score (nSPS) is 11.5. The highest BCUT2D eigenvalue weighted by Crippen LogP contribution is 2.11. The Labute approximate surface area is 171 Å². The highest BCUT2D eigenvalue weighted by molar-refractivity contribution is 5.69. The monoisotopic (exact) mass is 386 g/mol. The minimum Gasteiger partial charge on any atom is -0.508 e. The molecule has 3 nitrogen and oxygen atoms in total. The van der Waals surface area contributed by atoms with E-state index in [1.165, 1.54) is 32.1 Å². The summed E-state index contributed by atoms with van der Waals surface area (Å²) in [6.45, 7) is 2.64. The molecule has 0 aromatic heterocycles. The molecule has 156 valence electrons. The minimum absolute atomic E-state index is 0.107. The largest absolute Gasteiger partial charge is 0.508 e. The fourth-order valence-electron chi connectivity index (χ4n) is 2.92. The maximum atomic E-state index is 11.7. The molecule has 1 N–H and O–H groups in total. The van der Waals surface area contributed by atoms with E-state index in [0.29, 0.717) is 19.4 Å². The van der Waals surface area contributed by atoms with E-state index in [0.717, 1.165) is 37.7 Å². The topological polar surface area (TPSA) is 46.5 Å². The number of hydrogen-bond donors (Lipinski definition) is 1. The van der Waals surface area contributed by atoms with E-state index in [4.69, 9.17) is 4.74 Å². The number of benzene rings is 1. The molecule has 0 atom stereocenters. The number of esters is 1. The van der Waals surface area contributed by atoms with Crippen molar-refractivity contribution >= 4 is 5.97 Å². The first-order valence-corrected chi connectivity index (χ1v) is 11.0. The summed E-state index contributed by atoms with van der Waals surface area (Å²) in [5.41, 5.74) is 1.06. The summed E-state index contributed by atoms with van der Waals surface area (Å²) in [6, 6.07) is 7.00. The summed E-state index contributed by atoms with van der Waals surface area (Å²) in [5, 5.41) is 9.23. The number of ether oxygens (including phenoxy) is 1. The second-order valence-corrected chi connectivity index (χ2v) is 7.26. The lowest BCUT2D eigenvalue weighted by atomic mass is 10.1. The van der Waals surface area contributed by atoms with E-state index in [9.17, 15) is 9.90 Å². The first-order valence-electron chi connectivity index (χ1n) is 11.0. The van der Waals surface area contributed by atoms with Gasteiger partial charge in [-0.1, -0.05) is 69.0 Å². The highest BCUT2D eigenvalue weighted by Gasteiger charge is 2.03. The zero-order valence-corrected chi connectivity index (χ0v) is 17.6. The number of allylic oxidation sites excluding steroid dienone is 4. The van der Waals surface area contributed by atoms with Crippen LogP contribution in [0.1, 0.15) is 83.1 Å². The minimum atomic E-state index is -0.107. The highest BCUT2D eigenvalue weighted by atomic mass is 16.5. The molecular formula is C25H38O3. The molecule has 1 aromatic carbocycles. The number of carbonyl (C=O) groups excluding carboxylic acids is 1. The Morgan fingerprint density at radius 1 is 0.893 bits per heavy atom. The fraction of sp³-hybridized carbons (Fsp3) is 0.560. The average Bonchev–Trinajstić information content (AvgIpc) is 2.70. The summed E-state index contributed by atoms with van der Waals surface area (Å²) in [7, 11) is 0. The molecule has 0 bridgehead atoms. The van der Waals surface area contributed by atoms with E-state index in [1.54, 1.807) is 12.1 Å². The van der Waals surface area contributed by atoms with Crippen LogP contribution in [-0.2, 0) is 16.0 Å². The molecule has 0 fully saturated rings. The van der Waals surface area contributed by atoms with Gasteiger partial charge in [-0.25, -0.2) is 0 Å². The predicted molar refractivity (Wildman–Crippen MR) is 118 cm³/mol. The maximum absolute atomic E-state index is 11.7. The molecule has 3 heteroatoms. The van der Waals surface area contributed by atoms with Gasteiger partial charge in [0.1, 0.15) is 5.75 Å². The molecule has 0 saturated carbocycles. The zero-order valence-electron chi connectivity index (χ0n) is 17.6. The summed E-state index contributed by atoms with van der Waals surface area (Å²) in [4.78, 5) is 11.7. The van der Waals surface area contributed by atoms with E-state index in [-0.39, 0.29) is 11.7 Å². The van der Waals surface area contributed by atoms with Crippen molar-refractivity contribution in [3.63, 3.8) is 0 Å². The van der Waals surface area contributed by atoms with Gasteiger partial charge in [0, 0.05) is 12.8 Å². The lowest BCUT2D eigenvalue weighted by molar-refractivity contribution is -0.143. The van der Waals surface area contributed by atoms with Crippen molar-refractivity contribution in [2.45, 2.75) is 84.0 Å². The van der Waals surface area contributed by atoms with Crippen molar-refractivity contribution in [1.82, 2.24) is 0 Å². The summed E-state index contributed by atoms with van der Waals surface area (Å²) >= 11 is 0. The first kappa shape index (κ1) is 24.0. The van der Waals surface area contributed by atoms with Gasteiger partial charge in [0.15, 0.2) is 0 Å². The van der Waals surface area contributed by atoms with Gasteiger partial charge in [0.05, 0.1) is 6.61 Å². The van der Waals surface area contributed by atoms with E-state index >= 15 is 0 Å². The van der Waals surface area contributed by atoms with Gasteiger partial charge >= 0.3 is 5.97 Å². The van der Waals surface area contributed by atoms with Crippen LogP contribution in [-0.4, -0.2) is 17.7 Å². The van der Waals surface area contributed by atoms with Crippen molar-refractivity contribution in [2.24, 2.45) is 0 Å². The first-order chi connectivity index (χ1) is 13.7. The Bertz CT molecular complexity index is 558. The van der Waals surface area contributed by atoms with Gasteiger partial charge in [-0.15, -0.1) is 0 Å².